The molecule has 2 aromatic heterocycles. The zero-order valence-corrected chi connectivity index (χ0v) is 42.7. The van der Waals surface area contributed by atoms with Gasteiger partial charge in [-0.3, -0.25) is 23.3 Å². The molecule has 72 heavy (non-hydrogen) atoms. The highest BCUT2D eigenvalue weighted by molar-refractivity contribution is 7.74. The fourth-order valence-electron chi connectivity index (χ4n) is 7.60. The summed E-state index contributed by atoms with van der Waals surface area (Å²) in [6.07, 6.45) is -0.956. The molecule has 0 fully saturated rings. The van der Waals surface area contributed by atoms with E-state index >= 15 is 0 Å². The number of para-hydroxylation sites is 6. The van der Waals surface area contributed by atoms with E-state index in [1.54, 1.807) is 0 Å². The van der Waals surface area contributed by atoms with Crippen LogP contribution < -0.4 is 34.1 Å². The zero-order valence-electron chi connectivity index (χ0n) is 39.1. The summed E-state index contributed by atoms with van der Waals surface area (Å²) in [6.45, 7) is 3.82. The number of amides is 2. The van der Waals surface area contributed by atoms with E-state index < -0.39 is 59.1 Å². The van der Waals surface area contributed by atoms with Crippen LogP contribution in [0, 0.1) is 0 Å². The Balaban J connectivity index is 0.000000308. The Kier molecular flexibility index (Phi) is 20.7. The minimum Gasteiger partial charge on any atom is -0.776 e. The van der Waals surface area contributed by atoms with Crippen LogP contribution in [0.1, 0.15) is 65.7 Å². The Morgan fingerprint density at radius 1 is 0.625 bits per heavy atom. The van der Waals surface area contributed by atoms with Crippen LogP contribution in [0.4, 0.5) is 0 Å². The third-order valence-corrected chi connectivity index (χ3v) is 19.9. The van der Waals surface area contributed by atoms with Crippen molar-refractivity contribution in [2.45, 2.75) is 82.4 Å². The van der Waals surface area contributed by atoms with Crippen molar-refractivity contribution < 1.29 is 90.9 Å². The maximum atomic E-state index is 12.1. The fraction of sp³-hybridized carbons (Fsp3) is 0.422. The van der Waals surface area contributed by atoms with Crippen LogP contribution in [0.5, 0.6) is 11.5 Å². The molecule has 27 heteroatoms. The van der Waals surface area contributed by atoms with Crippen molar-refractivity contribution >= 4 is 86.1 Å². The van der Waals surface area contributed by atoms with E-state index in [-0.39, 0.29) is 65.3 Å². The van der Waals surface area contributed by atoms with E-state index in [1.807, 2.05) is 103 Å². The molecule has 2 heterocycles. The largest absolute Gasteiger partial charge is 0.776 e. The third-order valence-electron chi connectivity index (χ3n) is 11.5. The number of nitrogens with zero attached hydrogens (tertiary/aromatic N) is 4. The van der Waals surface area contributed by atoms with E-state index in [0.29, 0.717) is 42.0 Å². The maximum absolute atomic E-state index is 12.1. The quantitative estimate of drug-likeness (QED) is 0.0189. The lowest BCUT2D eigenvalue weighted by atomic mass is 10.2. The molecule has 0 aliphatic heterocycles. The average Bonchev–Trinajstić information content (AvgIpc) is 3.30. The van der Waals surface area contributed by atoms with Gasteiger partial charge in [-0.25, -0.2) is 9.97 Å². The van der Waals surface area contributed by atoms with Gasteiger partial charge in [0.25, 0.3) is 0 Å². The van der Waals surface area contributed by atoms with Crippen molar-refractivity contribution in [2.24, 2.45) is 7.05 Å². The van der Waals surface area contributed by atoms with Crippen LogP contribution in [-0.2, 0) is 41.4 Å². The molecule has 4 aromatic carbocycles. The summed E-state index contributed by atoms with van der Waals surface area (Å²) in [7, 11) is -19.1. The normalized spacial score (nSPS) is 15.2. The summed E-state index contributed by atoms with van der Waals surface area (Å²) < 4.78 is 61.8. The predicted molar refractivity (Wildman–Crippen MR) is 266 cm³/mol. The Bertz CT molecular complexity index is 3020. The standard InChI is InChI=1S/C22H29N3O9P2.C22H29N3O8P2.CH4/c1-2-25-17-9-4-3-8-16(17)24-21-18(25)10-5-11-19(21)34-15-6-12-20(26)23-14-7-13-22(27,35(28,29)30)36(31,32)33;1-25-17-9-4-3-8-16(17)24-21-18(25)10-5-11-19(21)33-15-6-12-20(26)23-14-7-13-22(27,34(2,28)29)35(30,31)32;/h3-5,8-11,27H,2,6-7,12-15H2,1H3,(H4-,23,26,28,29,30,31,32,33);3-5,8-11,27H,6-7,12-15H2,1-2H3,(H3-,23,26,28,29,30,31,32);1H4/p+1. The molecule has 0 radical (unpaired) electrons. The predicted octanol–water partition coefficient (Wildman–Crippen LogP) is 3.75. The first-order valence-electron chi connectivity index (χ1n) is 22.3. The molecule has 10 N–H and O–H groups in total. The monoisotopic (exact) mass is 1080 g/mol. The van der Waals surface area contributed by atoms with Crippen molar-refractivity contribution in [3.63, 3.8) is 0 Å². The molecular weight excluding hydrogens is 1020 g/mol. The average molecular weight is 1080 g/mol. The Hall–Kier alpha value is -4.82. The zero-order chi connectivity index (χ0) is 52.4. The van der Waals surface area contributed by atoms with Crippen LogP contribution in [0.15, 0.2) is 84.9 Å². The molecule has 6 aromatic rings. The molecule has 23 nitrogen and oxygen atoms in total. The number of ether oxygens (including phenoxy) is 2. The Morgan fingerprint density at radius 2 is 1.04 bits per heavy atom. The van der Waals surface area contributed by atoms with Crippen molar-refractivity contribution in [1.29, 1.82) is 0 Å². The third kappa shape index (κ3) is 14.3. The lowest BCUT2D eigenvalue weighted by molar-refractivity contribution is -0.641. The molecule has 4 unspecified atom stereocenters. The number of hydrogen-bond donors (Lipinski definition) is 10. The molecule has 4 atom stereocenters. The van der Waals surface area contributed by atoms with E-state index in [0.717, 1.165) is 39.6 Å². The van der Waals surface area contributed by atoms with Crippen LogP contribution in [0.3, 0.4) is 0 Å². The second-order valence-electron chi connectivity index (χ2n) is 16.6. The molecular formula is C45H63N6O17P4+. The van der Waals surface area contributed by atoms with Crippen LogP contribution in [0.25, 0.3) is 44.1 Å². The number of aromatic nitrogens is 4. The SMILES string of the molecule is C.CC[n+]1c2ccccc2nc2c(OCCCC(=O)NCCCC(O)(P(=O)([O-])O)P(=O)(O)O)cccc21.C[n+]1c2ccccc2nc2c(OCCCC(=O)NCCCC(O)(P(C)(=O)O)P(=O)(O)O)cccc21. The number of benzene rings is 4. The minimum absolute atomic E-state index is 0. The number of aliphatic hydroxyl groups is 2. The highest BCUT2D eigenvalue weighted by Crippen LogP contribution is 2.69. The van der Waals surface area contributed by atoms with Gasteiger partial charge in [-0.15, -0.1) is 0 Å². The molecule has 6 rings (SSSR count). The molecule has 0 saturated carbocycles. The highest BCUT2D eigenvalue weighted by Gasteiger charge is 2.56. The van der Waals surface area contributed by atoms with Crippen molar-refractivity contribution in [1.82, 2.24) is 20.6 Å². The number of rotatable bonds is 23. The highest BCUT2D eigenvalue weighted by atomic mass is 31.2. The van der Waals surface area contributed by atoms with Crippen molar-refractivity contribution in [3.05, 3.63) is 84.9 Å². The smallest absolute Gasteiger partial charge is 0.366 e. The van der Waals surface area contributed by atoms with Crippen LogP contribution >= 0.6 is 30.2 Å². The Labute approximate surface area is 415 Å². The first-order valence-corrected chi connectivity index (χ1v) is 29.2. The molecule has 0 bridgehead atoms. The van der Waals surface area contributed by atoms with Gasteiger partial charge in [0.15, 0.2) is 30.1 Å². The second-order valence-corrected chi connectivity index (χ2v) is 25.2. The van der Waals surface area contributed by atoms with Gasteiger partial charge in [0, 0.05) is 56.9 Å². The van der Waals surface area contributed by atoms with Gasteiger partial charge < -0.3 is 69.1 Å². The number of hydrogen-bond acceptors (Lipinski definition) is 13. The molecule has 2 amide bonds. The van der Waals surface area contributed by atoms with Crippen molar-refractivity contribution in [3.8, 4) is 11.5 Å². The number of aryl methyl sites for hydroxylation is 2. The Morgan fingerprint density at radius 3 is 1.50 bits per heavy atom. The lowest BCUT2D eigenvalue weighted by Gasteiger charge is -2.36. The maximum Gasteiger partial charge on any atom is 0.366 e. The first-order chi connectivity index (χ1) is 33.2. The van der Waals surface area contributed by atoms with E-state index in [4.69, 9.17) is 34.1 Å². The van der Waals surface area contributed by atoms with E-state index in [9.17, 15) is 57.6 Å². The summed E-state index contributed by atoms with van der Waals surface area (Å²) in [5.74, 6) is 0.488. The topological polar surface area (TPSA) is 363 Å². The van der Waals surface area contributed by atoms with Gasteiger partial charge in [-0.2, -0.15) is 9.13 Å². The number of carbonyl (C=O) groups is 2. The summed E-state index contributed by atoms with van der Waals surface area (Å²) in [4.78, 5) is 100. The van der Waals surface area contributed by atoms with Gasteiger partial charge in [-0.1, -0.05) is 43.8 Å². The summed E-state index contributed by atoms with van der Waals surface area (Å²) in [5.41, 5.74) is 6.94. The fourth-order valence-corrected chi connectivity index (χ4v) is 12.8. The first kappa shape index (κ1) is 59.7. The van der Waals surface area contributed by atoms with Gasteiger partial charge in [0.1, 0.15) is 24.6 Å². The van der Waals surface area contributed by atoms with E-state index in [1.165, 1.54) is 0 Å². The van der Waals surface area contributed by atoms with Gasteiger partial charge in [0.05, 0.1) is 13.2 Å². The van der Waals surface area contributed by atoms with E-state index in [2.05, 4.69) is 15.2 Å². The molecule has 0 aliphatic carbocycles. The molecule has 394 valence electrons. The minimum atomic E-state index is -5.75. The van der Waals surface area contributed by atoms with Gasteiger partial charge >= 0.3 is 15.2 Å². The lowest BCUT2D eigenvalue weighted by Crippen LogP contribution is -2.35. The molecule has 0 aliphatic rings. The number of carbonyl (C=O) groups excluding carboxylic acids is 2. The van der Waals surface area contributed by atoms with Crippen LogP contribution in [-0.4, -0.2) is 104 Å². The molecule has 0 saturated heterocycles. The van der Waals surface area contributed by atoms with Crippen molar-refractivity contribution in [2.75, 3.05) is 33.0 Å². The van der Waals surface area contributed by atoms with Gasteiger partial charge in [0.2, 0.25) is 51.4 Å². The molecule has 0 spiro atoms. The number of nitrogens with one attached hydrogen (secondary N) is 2. The summed E-state index contributed by atoms with van der Waals surface area (Å²) in [6, 6.07) is 26.9. The summed E-state index contributed by atoms with van der Waals surface area (Å²) in [5, 5.41) is 18.3. The van der Waals surface area contributed by atoms with Gasteiger partial charge in [-0.05, 0) is 69.7 Å². The van der Waals surface area contributed by atoms with Crippen LogP contribution in [0.2, 0.25) is 0 Å². The summed E-state index contributed by atoms with van der Waals surface area (Å²) >= 11 is 0. The second kappa shape index (κ2) is 24.9. The number of fused-ring (bicyclic) bond motifs is 4.